The number of ether oxygens (including phenoxy) is 1. The number of hydrogen-bond donors (Lipinski definition) is 1. The predicted octanol–water partition coefficient (Wildman–Crippen LogP) is 2.08. The molecule has 0 amide bonds. The first kappa shape index (κ1) is 11.9. The summed E-state index contributed by atoms with van der Waals surface area (Å²) in [4.78, 5) is 10.0. The quantitative estimate of drug-likeness (QED) is 0.507. The van der Waals surface area contributed by atoms with Gasteiger partial charge in [0.15, 0.2) is 0 Å². The Bertz CT molecular complexity index is 357. The van der Waals surface area contributed by atoms with Crippen molar-refractivity contribution in [2.24, 2.45) is 5.73 Å². The van der Waals surface area contributed by atoms with Crippen LogP contribution in [0.15, 0.2) is 22.7 Å². The predicted molar refractivity (Wildman–Crippen MR) is 60.0 cm³/mol. The fourth-order valence-electron chi connectivity index (χ4n) is 0.986. The van der Waals surface area contributed by atoms with Crippen molar-refractivity contribution in [1.29, 1.82) is 0 Å². The molecule has 0 saturated heterocycles. The van der Waals surface area contributed by atoms with E-state index in [0.717, 1.165) is 6.42 Å². The van der Waals surface area contributed by atoms with Gasteiger partial charge in [-0.25, -0.2) is 0 Å². The molecule has 0 spiro atoms. The average Bonchev–Trinajstić information content (AvgIpc) is 2.20. The molecule has 0 heterocycles. The molecule has 0 aliphatic carbocycles. The number of halogens is 1. The molecule has 0 fully saturated rings. The van der Waals surface area contributed by atoms with Crippen LogP contribution in [0.1, 0.15) is 6.42 Å². The molecule has 2 N–H and O–H groups in total. The van der Waals surface area contributed by atoms with Gasteiger partial charge in [0, 0.05) is 12.1 Å². The van der Waals surface area contributed by atoms with Gasteiger partial charge in [-0.05, 0) is 35.0 Å². The van der Waals surface area contributed by atoms with Crippen molar-refractivity contribution in [2.45, 2.75) is 6.42 Å². The largest absolute Gasteiger partial charge is 0.492 e. The lowest BCUT2D eigenvalue weighted by atomic mass is 10.3. The minimum Gasteiger partial charge on any atom is -0.492 e. The topological polar surface area (TPSA) is 78.4 Å². The second-order valence-electron chi connectivity index (χ2n) is 2.86. The van der Waals surface area contributed by atoms with Gasteiger partial charge in [-0.15, -0.1) is 0 Å². The van der Waals surface area contributed by atoms with Gasteiger partial charge in [0.1, 0.15) is 5.75 Å². The van der Waals surface area contributed by atoms with E-state index >= 15 is 0 Å². The first-order valence-corrected chi connectivity index (χ1v) is 5.21. The van der Waals surface area contributed by atoms with E-state index < -0.39 is 4.92 Å². The molecule has 0 atom stereocenters. The molecule has 1 aromatic carbocycles. The number of nitro benzene ring substituents is 1. The first-order valence-electron chi connectivity index (χ1n) is 4.42. The SMILES string of the molecule is NCCCOc1ccc([N+](=O)[O-])cc1Br. The third kappa shape index (κ3) is 3.49. The molecule has 0 aromatic heterocycles. The zero-order valence-electron chi connectivity index (χ0n) is 7.98. The van der Waals surface area contributed by atoms with Gasteiger partial charge in [-0.2, -0.15) is 0 Å². The maximum atomic E-state index is 10.5. The van der Waals surface area contributed by atoms with Crippen molar-refractivity contribution in [3.63, 3.8) is 0 Å². The molecule has 1 rings (SSSR count). The van der Waals surface area contributed by atoms with Crippen LogP contribution >= 0.6 is 15.9 Å². The van der Waals surface area contributed by atoms with Gasteiger partial charge in [0.2, 0.25) is 0 Å². The van der Waals surface area contributed by atoms with E-state index in [2.05, 4.69) is 15.9 Å². The second kappa shape index (κ2) is 5.67. The number of non-ortho nitro benzene ring substituents is 1. The van der Waals surface area contributed by atoms with E-state index in [1.807, 2.05) is 0 Å². The van der Waals surface area contributed by atoms with Gasteiger partial charge in [-0.3, -0.25) is 10.1 Å². The third-order valence-electron chi connectivity index (χ3n) is 1.73. The molecule has 0 bridgehead atoms. The summed E-state index contributed by atoms with van der Waals surface area (Å²) < 4.78 is 5.94. The van der Waals surface area contributed by atoms with Crippen LogP contribution in [0.5, 0.6) is 5.75 Å². The van der Waals surface area contributed by atoms with Crippen LogP contribution in [0.25, 0.3) is 0 Å². The number of nitro groups is 1. The number of nitrogens with zero attached hydrogens (tertiary/aromatic N) is 1. The fourth-order valence-corrected chi connectivity index (χ4v) is 1.47. The summed E-state index contributed by atoms with van der Waals surface area (Å²) in [6.45, 7) is 1.07. The van der Waals surface area contributed by atoms with E-state index in [-0.39, 0.29) is 5.69 Å². The van der Waals surface area contributed by atoms with Gasteiger partial charge < -0.3 is 10.5 Å². The second-order valence-corrected chi connectivity index (χ2v) is 3.72. The summed E-state index contributed by atoms with van der Waals surface area (Å²) in [5.74, 6) is 0.592. The van der Waals surface area contributed by atoms with Crippen molar-refractivity contribution in [3.05, 3.63) is 32.8 Å². The molecule has 0 aliphatic heterocycles. The highest BCUT2D eigenvalue weighted by molar-refractivity contribution is 9.10. The minimum atomic E-state index is -0.450. The van der Waals surface area contributed by atoms with Crippen LogP contribution in [0.4, 0.5) is 5.69 Å². The summed E-state index contributed by atoms with van der Waals surface area (Å²) >= 11 is 3.21. The fraction of sp³-hybridized carbons (Fsp3) is 0.333. The highest BCUT2D eigenvalue weighted by Crippen LogP contribution is 2.28. The zero-order valence-corrected chi connectivity index (χ0v) is 9.57. The standard InChI is InChI=1S/C9H11BrN2O3/c10-8-6-7(12(13)14)2-3-9(8)15-5-1-4-11/h2-3,6H,1,4-5,11H2. The van der Waals surface area contributed by atoms with Crippen LogP contribution in [-0.4, -0.2) is 18.1 Å². The number of benzene rings is 1. The molecule has 6 heteroatoms. The van der Waals surface area contributed by atoms with Crippen LogP contribution in [0, 0.1) is 10.1 Å². The van der Waals surface area contributed by atoms with Crippen LogP contribution in [0.2, 0.25) is 0 Å². The lowest BCUT2D eigenvalue weighted by Gasteiger charge is -2.06. The van der Waals surface area contributed by atoms with Gasteiger partial charge >= 0.3 is 0 Å². The van der Waals surface area contributed by atoms with Crippen molar-refractivity contribution in [2.75, 3.05) is 13.2 Å². The van der Waals surface area contributed by atoms with E-state index in [4.69, 9.17) is 10.5 Å². The van der Waals surface area contributed by atoms with Gasteiger partial charge in [-0.1, -0.05) is 0 Å². The Morgan fingerprint density at radius 1 is 1.53 bits per heavy atom. The lowest BCUT2D eigenvalue weighted by molar-refractivity contribution is -0.385. The monoisotopic (exact) mass is 274 g/mol. The Morgan fingerprint density at radius 2 is 2.27 bits per heavy atom. The van der Waals surface area contributed by atoms with E-state index in [1.165, 1.54) is 12.1 Å². The number of rotatable bonds is 5. The maximum Gasteiger partial charge on any atom is 0.270 e. The molecule has 0 radical (unpaired) electrons. The molecule has 0 aliphatic rings. The summed E-state index contributed by atoms with van der Waals surface area (Å²) in [6.07, 6.45) is 0.753. The Kier molecular flexibility index (Phi) is 4.51. The van der Waals surface area contributed by atoms with Crippen molar-refractivity contribution in [1.82, 2.24) is 0 Å². The molecule has 1 aromatic rings. The minimum absolute atomic E-state index is 0.0352. The molecular formula is C9H11BrN2O3. The van der Waals surface area contributed by atoms with Crippen molar-refractivity contribution < 1.29 is 9.66 Å². The Balaban J connectivity index is 2.70. The van der Waals surface area contributed by atoms with E-state index in [0.29, 0.717) is 23.4 Å². The third-order valence-corrected chi connectivity index (χ3v) is 2.35. The van der Waals surface area contributed by atoms with Crippen LogP contribution in [0.3, 0.4) is 0 Å². The normalized spacial score (nSPS) is 10.0. The van der Waals surface area contributed by atoms with E-state index in [9.17, 15) is 10.1 Å². The van der Waals surface area contributed by atoms with Gasteiger partial charge in [0.25, 0.3) is 5.69 Å². The smallest absolute Gasteiger partial charge is 0.270 e. The molecule has 0 unspecified atom stereocenters. The Hall–Kier alpha value is -1.14. The average molecular weight is 275 g/mol. The summed E-state index contributed by atoms with van der Waals surface area (Å²) in [5, 5.41) is 10.5. The molecule has 82 valence electrons. The number of nitrogens with two attached hydrogens (primary N) is 1. The summed E-state index contributed by atoms with van der Waals surface area (Å²) in [5.41, 5.74) is 5.35. The molecule has 15 heavy (non-hydrogen) atoms. The van der Waals surface area contributed by atoms with Crippen molar-refractivity contribution in [3.8, 4) is 5.75 Å². The van der Waals surface area contributed by atoms with Crippen LogP contribution in [-0.2, 0) is 0 Å². The highest BCUT2D eigenvalue weighted by atomic mass is 79.9. The highest BCUT2D eigenvalue weighted by Gasteiger charge is 2.09. The van der Waals surface area contributed by atoms with E-state index in [1.54, 1.807) is 6.07 Å². The van der Waals surface area contributed by atoms with Crippen molar-refractivity contribution >= 4 is 21.6 Å². The van der Waals surface area contributed by atoms with Crippen LogP contribution < -0.4 is 10.5 Å². The number of hydrogen-bond acceptors (Lipinski definition) is 4. The Morgan fingerprint density at radius 3 is 2.80 bits per heavy atom. The first-order chi connectivity index (χ1) is 7.15. The lowest BCUT2D eigenvalue weighted by Crippen LogP contribution is -2.06. The molecular weight excluding hydrogens is 264 g/mol. The maximum absolute atomic E-state index is 10.5. The molecule has 5 nitrogen and oxygen atoms in total. The molecule has 0 saturated carbocycles. The zero-order chi connectivity index (χ0) is 11.3. The summed E-state index contributed by atoms with van der Waals surface area (Å²) in [6, 6.07) is 4.39. The van der Waals surface area contributed by atoms with Gasteiger partial charge in [0.05, 0.1) is 16.0 Å². The summed E-state index contributed by atoms with van der Waals surface area (Å²) in [7, 11) is 0. The Labute approximate surface area is 95.5 Å².